The molecule has 1 aromatic heterocycles. The first kappa shape index (κ1) is 16.3. The number of amides is 2. The Morgan fingerprint density at radius 2 is 2.08 bits per heavy atom. The van der Waals surface area contributed by atoms with Gasteiger partial charge in [0.05, 0.1) is 11.0 Å². The number of hydrogen-bond acceptors (Lipinski definition) is 2. The molecule has 2 aromatic carbocycles. The van der Waals surface area contributed by atoms with E-state index in [0.717, 1.165) is 35.3 Å². The van der Waals surface area contributed by atoms with Crippen LogP contribution in [0.15, 0.2) is 42.5 Å². The lowest BCUT2D eigenvalue weighted by molar-refractivity contribution is 0.252. The van der Waals surface area contributed by atoms with Crippen molar-refractivity contribution in [2.24, 2.45) is 0 Å². The summed E-state index contributed by atoms with van der Waals surface area (Å²) >= 11 is 6.04. The van der Waals surface area contributed by atoms with E-state index in [1.165, 1.54) is 0 Å². The van der Waals surface area contributed by atoms with Crippen LogP contribution in [0.5, 0.6) is 0 Å². The molecule has 124 valence electrons. The molecule has 0 saturated carbocycles. The van der Waals surface area contributed by atoms with Gasteiger partial charge in [0, 0.05) is 23.7 Å². The lowest BCUT2D eigenvalue weighted by atomic mass is 10.2. The van der Waals surface area contributed by atoms with Crippen LogP contribution in [-0.2, 0) is 6.42 Å². The second-order valence-corrected chi connectivity index (χ2v) is 6.06. The van der Waals surface area contributed by atoms with Crippen molar-refractivity contribution in [1.29, 1.82) is 0 Å². The van der Waals surface area contributed by atoms with Gasteiger partial charge in [-0.15, -0.1) is 0 Å². The number of carbonyl (C=O) groups excluding carboxylic acids is 1. The summed E-state index contributed by atoms with van der Waals surface area (Å²) in [4.78, 5) is 19.7. The van der Waals surface area contributed by atoms with Crippen molar-refractivity contribution in [2.45, 2.75) is 19.8 Å². The average molecular weight is 343 g/mol. The van der Waals surface area contributed by atoms with Crippen LogP contribution in [0.3, 0.4) is 0 Å². The van der Waals surface area contributed by atoms with E-state index in [1.54, 1.807) is 6.07 Å². The minimum atomic E-state index is -0.237. The minimum absolute atomic E-state index is 0.237. The number of rotatable bonds is 5. The first-order valence-corrected chi connectivity index (χ1v) is 8.24. The van der Waals surface area contributed by atoms with Gasteiger partial charge in [-0.1, -0.05) is 29.8 Å². The van der Waals surface area contributed by atoms with Crippen LogP contribution in [0.4, 0.5) is 10.5 Å². The smallest absolute Gasteiger partial charge is 0.319 e. The Morgan fingerprint density at radius 1 is 1.25 bits per heavy atom. The Balaban J connectivity index is 1.44. The van der Waals surface area contributed by atoms with E-state index in [4.69, 9.17) is 11.6 Å². The van der Waals surface area contributed by atoms with Gasteiger partial charge in [0.15, 0.2) is 0 Å². The highest BCUT2D eigenvalue weighted by atomic mass is 35.5. The molecule has 0 aliphatic rings. The highest BCUT2D eigenvalue weighted by Crippen LogP contribution is 2.19. The van der Waals surface area contributed by atoms with Crippen molar-refractivity contribution in [1.82, 2.24) is 15.3 Å². The van der Waals surface area contributed by atoms with Crippen molar-refractivity contribution in [3.05, 3.63) is 58.9 Å². The molecule has 3 N–H and O–H groups in total. The maximum Gasteiger partial charge on any atom is 0.319 e. The van der Waals surface area contributed by atoms with Gasteiger partial charge in [-0.05, 0) is 43.2 Å². The summed E-state index contributed by atoms with van der Waals surface area (Å²) in [5.41, 5.74) is 3.66. The molecule has 1 heterocycles. The molecule has 5 nitrogen and oxygen atoms in total. The number of carbonyl (C=O) groups is 1. The molecule has 3 rings (SSSR count). The van der Waals surface area contributed by atoms with E-state index < -0.39 is 0 Å². The van der Waals surface area contributed by atoms with Crippen molar-refractivity contribution >= 4 is 34.4 Å². The van der Waals surface area contributed by atoms with Crippen LogP contribution >= 0.6 is 11.6 Å². The zero-order valence-corrected chi connectivity index (χ0v) is 14.2. The number of anilines is 1. The molecular formula is C18H19ClN4O. The van der Waals surface area contributed by atoms with Crippen molar-refractivity contribution in [3.8, 4) is 0 Å². The largest absolute Gasteiger partial charge is 0.342 e. The number of aromatic amines is 1. The summed E-state index contributed by atoms with van der Waals surface area (Å²) in [5, 5.41) is 6.24. The lowest BCUT2D eigenvalue weighted by Gasteiger charge is -2.08. The number of nitrogens with one attached hydrogen (secondary N) is 3. The molecule has 0 saturated heterocycles. The SMILES string of the molecule is Cc1ccc(NC(=O)NCCCc2nc3ccccc3[nH]2)cc1Cl. The van der Waals surface area contributed by atoms with Crippen molar-refractivity contribution in [2.75, 3.05) is 11.9 Å². The zero-order valence-electron chi connectivity index (χ0n) is 13.4. The van der Waals surface area contributed by atoms with E-state index in [1.807, 2.05) is 43.3 Å². The third-order valence-corrected chi connectivity index (χ3v) is 4.15. The number of nitrogens with zero attached hydrogens (tertiary/aromatic N) is 1. The number of H-pyrrole nitrogens is 1. The summed E-state index contributed by atoms with van der Waals surface area (Å²) in [5.74, 6) is 0.934. The Morgan fingerprint density at radius 3 is 2.88 bits per heavy atom. The molecule has 2 amide bonds. The predicted octanol–water partition coefficient (Wildman–Crippen LogP) is 4.28. The molecular weight excluding hydrogens is 324 g/mol. The van der Waals surface area contributed by atoms with Crippen LogP contribution in [0.2, 0.25) is 5.02 Å². The van der Waals surface area contributed by atoms with Gasteiger partial charge in [-0.3, -0.25) is 0 Å². The molecule has 0 unspecified atom stereocenters. The predicted molar refractivity (Wildman–Crippen MR) is 97.6 cm³/mol. The maximum atomic E-state index is 11.9. The summed E-state index contributed by atoms with van der Waals surface area (Å²) < 4.78 is 0. The van der Waals surface area contributed by atoms with E-state index in [-0.39, 0.29) is 6.03 Å². The molecule has 0 fully saturated rings. The van der Waals surface area contributed by atoms with Crippen molar-refractivity contribution in [3.63, 3.8) is 0 Å². The fourth-order valence-corrected chi connectivity index (χ4v) is 2.61. The standard InChI is InChI=1S/C18H19ClN4O/c1-12-8-9-13(11-14(12)19)21-18(24)20-10-4-7-17-22-15-5-2-3-6-16(15)23-17/h2-3,5-6,8-9,11H,4,7,10H2,1H3,(H,22,23)(H2,20,21,24). The van der Waals surface area contributed by atoms with Crippen LogP contribution in [-0.4, -0.2) is 22.5 Å². The number of imidazole rings is 1. The van der Waals surface area contributed by atoms with Crippen LogP contribution < -0.4 is 10.6 Å². The third-order valence-electron chi connectivity index (χ3n) is 3.74. The molecule has 0 aliphatic carbocycles. The topological polar surface area (TPSA) is 69.8 Å². The number of aryl methyl sites for hydroxylation is 2. The van der Waals surface area contributed by atoms with Crippen LogP contribution in [0.1, 0.15) is 17.8 Å². The normalized spacial score (nSPS) is 10.8. The number of fused-ring (bicyclic) bond motifs is 1. The van der Waals surface area contributed by atoms with Gasteiger partial charge in [0.2, 0.25) is 0 Å². The second kappa shape index (κ2) is 7.36. The first-order chi connectivity index (χ1) is 11.6. The summed E-state index contributed by atoms with van der Waals surface area (Å²) in [6.45, 7) is 2.49. The molecule has 6 heteroatoms. The Kier molecular flexibility index (Phi) is 5.01. The van der Waals surface area contributed by atoms with Gasteiger partial charge in [-0.25, -0.2) is 9.78 Å². The molecule has 3 aromatic rings. The minimum Gasteiger partial charge on any atom is -0.342 e. The number of para-hydroxylation sites is 2. The van der Waals surface area contributed by atoms with Gasteiger partial charge in [0.1, 0.15) is 5.82 Å². The van der Waals surface area contributed by atoms with Gasteiger partial charge < -0.3 is 15.6 Å². The fraction of sp³-hybridized carbons (Fsp3) is 0.222. The molecule has 0 radical (unpaired) electrons. The van der Waals surface area contributed by atoms with E-state index in [2.05, 4.69) is 20.6 Å². The summed E-state index contributed by atoms with van der Waals surface area (Å²) in [6.07, 6.45) is 1.59. The third kappa shape index (κ3) is 4.06. The quantitative estimate of drug-likeness (QED) is 0.606. The molecule has 0 spiro atoms. The number of benzene rings is 2. The van der Waals surface area contributed by atoms with Crippen LogP contribution in [0.25, 0.3) is 11.0 Å². The fourth-order valence-electron chi connectivity index (χ4n) is 2.43. The lowest BCUT2D eigenvalue weighted by Crippen LogP contribution is -2.29. The van der Waals surface area contributed by atoms with Gasteiger partial charge in [0.25, 0.3) is 0 Å². The highest BCUT2D eigenvalue weighted by Gasteiger charge is 2.05. The van der Waals surface area contributed by atoms with E-state index >= 15 is 0 Å². The Bertz CT molecular complexity index is 826. The molecule has 0 atom stereocenters. The average Bonchev–Trinajstić information content (AvgIpc) is 2.98. The maximum absolute atomic E-state index is 11.9. The second-order valence-electron chi connectivity index (χ2n) is 5.65. The van der Waals surface area contributed by atoms with E-state index in [0.29, 0.717) is 17.3 Å². The van der Waals surface area contributed by atoms with Gasteiger partial charge >= 0.3 is 6.03 Å². The molecule has 0 bridgehead atoms. The monoisotopic (exact) mass is 342 g/mol. The van der Waals surface area contributed by atoms with Crippen molar-refractivity contribution < 1.29 is 4.79 Å². The van der Waals surface area contributed by atoms with Crippen LogP contribution in [0, 0.1) is 6.92 Å². The van der Waals surface area contributed by atoms with E-state index in [9.17, 15) is 4.79 Å². The Hall–Kier alpha value is -2.53. The molecule has 0 aliphatic heterocycles. The molecule has 24 heavy (non-hydrogen) atoms. The highest BCUT2D eigenvalue weighted by molar-refractivity contribution is 6.31. The number of urea groups is 1. The zero-order chi connectivity index (χ0) is 16.9. The van der Waals surface area contributed by atoms with Gasteiger partial charge in [-0.2, -0.15) is 0 Å². The first-order valence-electron chi connectivity index (χ1n) is 7.86. The Labute approximate surface area is 145 Å². The summed E-state index contributed by atoms with van der Waals surface area (Å²) in [7, 11) is 0. The summed E-state index contributed by atoms with van der Waals surface area (Å²) in [6, 6.07) is 13.1. The number of hydrogen-bond donors (Lipinski definition) is 3. The number of aromatic nitrogens is 2. The number of halogens is 1.